The van der Waals surface area contributed by atoms with Crippen molar-refractivity contribution < 1.29 is 53.8 Å². The van der Waals surface area contributed by atoms with Gasteiger partial charge in [0, 0.05) is 33.4 Å². The summed E-state index contributed by atoms with van der Waals surface area (Å²) in [4.78, 5) is 59.4. The molecule has 1 aromatic rings. The zero-order valence-electron chi connectivity index (χ0n) is 21.0. The van der Waals surface area contributed by atoms with Crippen molar-refractivity contribution in [2.45, 2.75) is 67.5 Å². The largest absolute Gasteiger partial charge is 0.466 e. The zero-order valence-corrected chi connectivity index (χ0v) is 20.8. The number of carbonyl (C=O) groups is 5. The van der Waals surface area contributed by atoms with Gasteiger partial charge >= 0.3 is 30.0 Å². The van der Waals surface area contributed by atoms with Crippen LogP contribution in [0.4, 0.5) is 4.79 Å². The number of nitrogens with one attached hydrogen (secondary N) is 1. The minimum atomic E-state index is -2.10. The first-order chi connectivity index (χ1) is 17.5. The van der Waals surface area contributed by atoms with Crippen molar-refractivity contribution in [1.82, 2.24) is 5.32 Å². The fraction of sp³-hybridized carbons (Fsp3) is 0.522. The monoisotopic (exact) mass is 526 g/mol. The van der Waals surface area contributed by atoms with Crippen LogP contribution in [0.25, 0.3) is 0 Å². The lowest BCUT2D eigenvalue weighted by atomic mass is 9.90. The van der Waals surface area contributed by atoms with E-state index in [0.29, 0.717) is 4.90 Å². The highest BCUT2D eigenvalue weighted by Crippen LogP contribution is 2.46. The normalized spacial score (nSPS) is 28.8. The highest BCUT2D eigenvalue weighted by molar-refractivity contribution is 8.01. The number of benzene rings is 1. The molecule has 1 amide bonds. The van der Waals surface area contributed by atoms with Crippen LogP contribution in [0.2, 0.25) is 0 Å². The molecule has 0 unspecified atom stereocenters. The highest BCUT2D eigenvalue weighted by Gasteiger charge is 2.60. The Morgan fingerprint density at radius 1 is 1.14 bits per heavy atom. The molecule has 2 fully saturated rings. The molecule has 2 aliphatic heterocycles. The van der Waals surface area contributed by atoms with Crippen molar-refractivity contribution in [2.24, 2.45) is 0 Å². The number of ether oxygens (including phenoxy) is 6. The van der Waals surface area contributed by atoms with E-state index in [9.17, 15) is 24.0 Å². The molecule has 0 bridgehead atoms. The molecule has 2 heterocycles. The van der Waals surface area contributed by atoms with Crippen LogP contribution in [-0.4, -0.2) is 79.1 Å². The Kier molecular flexibility index (Phi) is 8.31. The molecule has 7 atom stereocenters. The van der Waals surface area contributed by atoms with Crippen molar-refractivity contribution in [3.05, 3.63) is 30.3 Å². The van der Waals surface area contributed by atoms with Crippen molar-refractivity contribution in [3.8, 4) is 0 Å². The predicted octanol–water partition coefficient (Wildman–Crippen LogP) is 1.34. The van der Waals surface area contributed by atoms with Crippen LogP contribution >= 0.6 is 11.8 Å². The molecule has 2 saturated heterocycles. The van der Waals surface area contributed by atoms with Gasteiger partial charge in [-0.05, 0) is 12.1 Å². The molecule has 3 rings (SSSR count). The van der Waals surface area contributed by atoms with Gasteiger partial charge in [-0.15, -0.1) is 0 Å². The molecule has 36 heavy (non-hydrogen) atoms. The number of amides is 1. The fourth-order valence-corrected chi connectivity index (χ4v) is 5.01. The second-order valence-corrected chi connectivity index (χ2v) is 9.17. The SMILES string of the molecule is [2H][C@H]1[C@@H]2OC(=O)N[C@H]2[C@H]([C@H](OC(C)=O)[C@@H](COC(C)=O)OC(C)=O)O[C@@]1(Sc1ccccc1)C(=O)OC. The summed E-state index contributed by atoms with van der Waals surface area (Å²) in [5.74, 6) is -3.26. The Hall–Kier alpha value is -3.32. The summed E-state index contributed by atoms with van der Waals surface area (Å²) in [5.41, 5.74) is 0. The average molecular weight is 527 g/mol. The van der Waals surface area contributed by atoms with Crippen molar-refractivity contribution >= 4 is 41.7 Å². The lowest BCUT2D eigenvalue weighted by molar-refractivity contribution is -0.214. The van der Waals surface area contributed by atoms with Crippen molar-refractivity contribution in [2.75, 3.05) is 13.7 Å². The van der Waals surface area contributed by atoms with Crippen molar-refractivity contribution in [1.29, 1.82) is 0 Å². The van der Waals surface area contributed by atoms with Gasteiger partial charge in [0.2, 0.25) is 4.93 Å². The molecule has 1 N–H and O–H groups in total. The van der Waals surface area contributed by atoms with E-state index in [1.165, 1.54) is 0 Å². The maximum atomic E-state index is 13.2. The molecular weight excluding hydrogens is 498 g/mol. The van der Waals surface area contributed by atoms with Crippen LogP contribution < -0.4 is 5.32 Å². The lowest BCUT2D eigenvalue weighted by Crippen LogP contribution is -2.64. The summed E-state index contributed by atoms with van der Waals surface area (Å²) in [5, 5.41) is 2.51. The molecule has 12 nitrogen and oxygen atoms in total. The standard InChI is InChI=1S/C23H27NO11S/c1-12(25)31-11-17(32-13(2)26)19(33-14(3)27)20-18-16(34-22(29)24-18)10-23(35-20,21(28)30-4)36-15-8-6-5-7-9-15/h5-9,16-20H,10-11H2,1-4H3,(H,24,29)/t16-,17+,18+,19+,20+,23-/m0/s1/i10D/t10-,16-,17+,18+,19+,20+,23-. The predicted molar refractivity (Wildman–Crippen MR) is 121 cm³/mol. The second-order valence-electron chi connectivity index (χ2n) is 7.89. The van der Waals surface area contributed by atoms with Gasteiger partial charge in [0.15, 0.2) is 12.2 Å². The van der Waals surface area contributed by atoms with Crippen LogP contribution in [0.15, 0.2) is 35.2 Å². The van der Waals surface area contributed by atoms with Crippen LogP contribution in [0.3, 0.4) is 0 Å². The Labute approximate surface area is 212 Å². The highest BCUT2D eigenvalue weighted by atomic mass is 32.2. The minimum absolute atomic E-state index is 0.528. The third kappa shape index (κ3) is 6.46. The Morgan fingerprint density at radius 3 is 2.39 bits per heavy atom. The molecular formula is C23H27NO11S. The topological polar surface area (TPSA) is 153 Å². The average Bonchev–Trinajstić information content (AvgIpc) is 3.23. The molecule has 0 spiro atoms. The Balaban J connectivity index is 2.12. The third-order valence-corrected chi connectivity index (χ3v) is 6.38. The fourth-order valence-electron chi connectivity index (χ4n) is 3.83. The number of carbonyl (C=O) groups excluding carboxylic acids is 5. The second kappa shape index (κ2) is 11.6. The van der Waals surface area contributed by atoms with Gasteiger partial charge in [0.1, 0.15) is 18.8 Å². The van der Waals surface area contributed by atoms with Gasteiger partial charge in [-0.1, -0.05) is 30.0 Å². The van der Waals surface area contributed by atoms with E-state index in [-0.39, 0.29) is 0 Å². The lowest BCUT2D eigenvalue weighted by Gasteiger charge is -2.45. The van der Waals surface area contributed by atoms with Gasteiger partial charge < -0.3 is 33.7 Å². The summed E-state index contributed by atoms with van der Waals surface area (Å²) in [6.07, 6.45) is -7.94. The number of hydrogen-bond donors (Lipinski definition) is 1. The smallest absolute Gasteiger partial charge is 0.407 e. The van der Waals surface area contributed by atoms with E-state index in [1.807, 2.05) is 0 Å². The molecule has 1 aromatic carbocycles. The molecule has 0 aromatic heterocycles. The van der Waals surface area contributed by atoms with Crippen LogP contribution in [-0.2, 0) is 47.6 Å². The number of alkyl carbamates (subject to hydrolysis) is 1. The third-order valence-electron chi connectivity index (χ3n) is 5.17. The van der Waals surface area contributed by atoms with Gasteiger partial charge in [0.05, 0.1) is 13.2 Å². The maximum absolute atomic E-state index is 13.2. The summed E-state index contributed by atoms with van der Waals surface area (Å²) in [6, 6.07) is 7.43. The minimum Gasteiger partial charge on any atom is -0.466 e. The van der Waals surface area contributed by atoms with Crippen molar-refractivity contribution in [3.63, 3.8) is 0 Å². The van der Waals surface area contributed by atoms with E-state index >= 15 is 0 Å². The Bertz CT molecular complexity index is 1040. The zero-order chi connectivity index (χ0) is 27.3. The number of esters is 4. The summed E-state index contributed by atoms with van der Waals surface area (Å²) in [6.45, 7) is 2.79. The number of hydrogen-bond acceptors (Lipinski definition) is 12. The molecule has 0 saturated carbocycles. The van der Waals surface area contributed by atoms with E-state index in [0.717, 1.165) is 39.6 Å². The summed E-state index contributed by atoms with van der Waals surface area (Å²) in [7, 11) is 1.11. The number of fused-ring (bicyclic) bond motifs is 1. The number of rotatable bonds is 9. The van der Waals surface area contributed by atoms with Gasteiger partial charge in [-0.3, -0.25) is 14.4 Å². The quantitative estimate of drug-likeness (QED) is 0.365. The summed E-state index contributed by atoms with van der Waals surface area (Å²) >= 11 is 0.850. The first kappa shape index (κ1) is 25.8. The van der Waals surface area contributed by atoms with E-state index in [2.05, 4.69) is 5.32 Å². The van der Waals surface area contributed by atoms with Gasteiger partial charge in [-0.2, -0.15) is 0 Å². The van der Waals surface area contributed by atoms with Crippen LogP contribution in [0.5, 0.6) is 0 Å². The van der Waals surface area contributed by atoms with E-state index in [4.69, 9.17) is 29.8 Å². The molecule has 0 aliphatic carbocycles. The molecule has 13 heteroatoms. The number of thioether (sulfide) groups is 1. The van der Waals surface area contributed by atoms with E-state index in [1.54, 1.807) is 30.3 Å². The Morgan fingerprint density at radius 2 is 1.81 bits per heavy atom. The maximum Gasteiger partial charge on any atom is 0.407 e. The van der Waals surface area contributed by atoms with Crippen LogP contribution in [0, 0.1) is 0 Å². The molecule has 2 aliphatic rings. The van der Waals surface area contributed by atoms with Crippen LogP contribution in [0.1, 0.15) is 28.5 Å². The van der Waals surface area contributed by atoms with Gasteiger partial charge in [0.25, 0.3) is 0 Å². The molecule has 0 radical (unpaired) electrons. The first-order valence-corrected chi connectivity index (χ1v) is 11.7. The number of methoxy groups -OCH3 is 1. The van der Waals surface area contributed by atoms with Gasteiger partial charge in [-0.25, -0.2) is 9.59 Å². The molecule has 196 valence electrons. The summed E-state index contributed by atoms with van der Waals surface area (Å²) < 4.78 is 41.2. The van der Waals surface area contributed by atoms with E-state index < -0.39 is 78.4 Å². The first-order valence-electron chi connectivity index (χ1n) is 11.4.